The van der Waals surface area contributed by atoms with Gasteiger partial charge in [0.2, 0.25) is 10.0 Å². The Kier molecular flexibility index (Phi) is 5.33. The largest absolute Gasteiger partial charge is 0.391 e. The third kappa shape index (κ3) is 3.92. The SMILES string of the molecule is CCC(CC)C(O)CNS(=O)(=O)c1cn(C)nc1N. The highest BCUT2D eigenvalue weighted by atomic mass is 32.2. The van der Waals surface area contributed by atoms with Crippen LogP contribution < -0.4 is 10.5 Å². The first kappa shape index (κ1) is 15.9. The number of hydrogen-bond acceptors (Lipinski definition) is 5. The van der Waals surface area contributed by atoms with Crippen LogP contribution in [0.15, 0.2) is 11.1 Å². The van der Waals surface area contributed by atoms with Crippen LogP contribution in [-0.4, -0.2) is 36.0 Å². The Balaban J connectivity index is 2.74. The topological polar surface area (TPSA) is 110 Å². The second-order valence-electron chi connectivity index (χ2n) is 4.55. The molecule has 0 bridgehead atoms. The van der Waals surface area contributed by atoms with Gasteiger partial charge < -0.3 is 10.8 Å². The molecule has 19 heavy (non-hydrogen) atoms. The van der Waals surface area contributed by atoms with E-state index in [1.54, 1.807) is 7.05 Å². The Morgan fingerprint density at radius 2 is 2.05 bits per heavy atom. The van der Waals surface area contributed by atoms with Crippen molar-refractivity contribution < 1.29 is 13.5 Å². The number of sulfonamides is 1. The maximum Gasteiger partial charge on any atom is 0.245 e. The third-order valence-corrected chi connectivity index (χ3v) is 4.63. The molecular weight excluding hydrogens is 268 g/mol. The van der Waals surface area contributed by atoms with Gasteiger partial charge in [-0.1, -0.05) is 26.7 Å². The van der Waals surface area contributed by atoms with Crippen LogP contribution in [0.1, 0.15) is 26.7 Å². The van der Waals surface area contributed by atoms with Gasteiger partial charge in [0.1, 0.15) is 4.90 Å². The number of nitrogens with one attached hydrogen (secondary N) is 1. The van der Waals surface area contributed by atoms with Gasteiger partial charge in [-0.15, -0.1) is 0 Å². The summed E-state index contributed by atoms with van der Waals surface area (Å²) in [6.45, 7) is 3.90. The van der Waals surface area contributed by atoms with E-state index >= 15 is 0 Å². The van der Waals surface area contributed by atoms with Crippen LogP contribution in [0.2, 0.25) is 0 Å². The van der Waals surface area contributed by atoms with Crippen LogP contribution in [0.25, 0.3) is 0 Å². The van der Waals surface area contributed by atoms with Crippen molar-refractivity contribution in [2.24, 2.45) is 13.0 Å². The van der Waals surface area contributed by atoms with E-state index in [2.05, 4.69) is 9.82 Å². The summed E-state index contributed by atoms with van der Waals surface area (Å²) in [7, 11) is -2.14. The summed E-state index contributed by atoms with van der Waals surface area (Å²) in [6, 6.07) is 0. The van der Waals surface area contributed by atoms with Crippen LogP contribution in [0.3, 0.4) is 0 Å². The van der Waals surface area contributed by atoms with Crippen LogP contribution in [0, 0.1) is 5.92 Å². The molecule has 1 atom stereocenters. The van der Waals surface area contributed by atoms with E-state index in [0.717, 1.165) is 12.8 Å². The Hall–Kier alpha value is -1.12. The maximum atomic E-state index is 12.0. The molecule has 4 N–H and O–H groups in total. The zero-order valence-corrected chi connectivity index (χ0v) is 12.3. The summed E-state index contributed by atoms with van der Waals surface area (Å²) in [5, 5.41) is 13.7. The Morgan fingerprint density at radius 1 is 1.47 bits per heavy atom. The lowest BCUT2D eigenvalue weighted by Gasteiger charge is -2.20. The highest BCUT2D eigenvalue weighted by Gasteiger charge is 2.23. The van der Waals surface area contributed by atoms with Crippen molar-refractivity contribution >= 4 is 15.8 Å². The van der Waals surface area contributed by atoms with Crippen LogP contribution in [0.5, 0.6) is 0 Å². The molecule has 0 spiro atoms. The number of aryl methyl sites for hydroxylation is 1. The number of rotatable bonds is 7. The summed E-state index contributed by atoms with van der Waals surface area (Å²) >= 11 is 0. The zero-order chi connectivity index (χ0) is 14.6. The zero-order valence-electron chi connectivity index (χ0n) is 11.5. The van der Waals surface area contributed by atoms with Gasteiger partial charge >= 0.3 is 0 Å². The number of aliphatic hydroxyl groups is 1. The predicted octanol–water partition coefficient (Wildman–Crippen LogP) is 0.0777. The van der Waals surface area contributed by atoms with Crippen molar-refractivity contribution in [3.63, 3.8) is 0 Å². The number of nitrogens with zero attached hydrogens (tertiary/aromatic N) is 2. The summed E-state index contributed by atoms with van der Waals surface area (Å²) in [5.41, 5.74) is 5.53. The first-order valence-corrected chi connectivity index (χ1v) is 7.77. The van der Waals surface area contributed by atoms with E-state index < -0.39 is 16.1 Å². The van der Waals surface area contributed by atoms with Gasteiger partial charge in [-0.3, -0.25) is 4.68 Å². The van der Waals surface area contributed by atoms with Crippen molar-refractivity contribution in [2.45, 2.75) is 37.7 Å². The summed E-state index contributed by atoms with van der Waals surface area (Å²) in [6.07, 6.45) is 2.23. The second-order valence-corrected chi connectivity index (χ2v) is 6.28. The lowest BCUT2D eigenvalue weighted by Crippen LogP contribution is -2.36. The molecule has 8 heteroatoms. The molecule has 110 valence electrons. The Morgan fingerprint density at radius 3 is 2.47 bits per heavy atom. The molecule has 7 nitrogen and oxygen atoms in total. The molecule has 1 rings (SSSR count). The van der Waals surface area contributed by atoms with Crippen LogP contribution in [0.4, 0.5) is 5.82 Å². The molecule has 0 fully saturated rings. The fraction of sp³-hybridized carbons (Fsp3) is 0.727. The lowest BCUT2D eigenvalue weighted by atomic mass is 9.97. The molecule has 0 saturated carbocycles. The van der Waals surface area contributed by atoms with Crippen molar-refractivity contribution in [1.29, 1.82) is 0 Å². The van der Waals surface area contributed by atoms with E-state index in [4.69, 9.17) is 5.73 Å². The van der Waals surface area contributed by atoms with Gasteiger partial charge in [0.25, 0.3) is 0 Å². The molecule has 1 aromatic heterocycles. The summed E-state index contributed by atoms with van der Waals surface area (Å²) < 4.78 is 27.7. The Bertz CT molecular complexity index is 508. The number of hydrogen-bond donors (Lipinski definition) is 3. The van der Waals surface area contributed by atoms with Gasteiger partial charge in [-0.25, -0.2) is 13.1 Å². The molecule has 1 aromatic rings. The van der Waals surface area contributed by atoms with Crippen molar-refractivity contribution in [3.05, 3.63) is 6.20 Å². The quantitative estimate of drug-likeness (QED) is 0.658. The molecule has 0 aliphatic heterocycles. The van der Waals surface area contributed by atoms with E-state index in [1.165, 1.54) is 10.9 Å². The monoisotopic (exact) mass is 290 g/mol. The van der Waals surface area contributed by atoms with E-state index in [0.29, 0.717) is 0 Å². The number of nitrogen functional groups attached to an aromatic ring is 1. The first-order chi connectivity index (χ1) is 8.81. The first-order valence-electron chi connectivity index (χ1n) is 6.28. The highest BCUT2D eigenvalue weighted by molar-refractivity contribution is 7.89. The molecule has 1 heterocycles. The van der Waals surface area contributed by atoms with Crippen molar-refractivity contribution in [2.75, 3.05) is 12.3 Å². The third-order valence-electron chi connectivity index (χ3n) is 3.19. The van der Waals surface area contributed by atoms with Crippen LogP contribution >= 0.6 is 0 Å². The molecule has 0 saturated heterocycles. The second kappa shape index (κ2) is 6.36. The molecule has 0 aromatic carbocycles. The maximum absolute atomic E-state index is 12.0. The minimum atomic E-state index is -3.73. The number of nitrogens with two attached hydrogens (primary N) is 1. The lowest BCUT2D eigenvalue weighted by molar-refractivity contribution is 0.107. The molecule has 0 aliphatic rings. The number of aromatic nitrogens is 2. The fourth-order valence-corrected chi connectivity index (χ4v) is 3.12. The number of anilines is 1. The standard InChI is InChI=1S/C11H22N4O3S/c1-4-8(5-2)9(16)6-13-19(17,18)10-7-15(3)14-11(10)12/h7-9,13,16H,4-6H2,1-3H3,(H2,12,14). The van der Waals surface area contributed by atoms with Crippen LogP contribution in [-0.2, 0) is 17.1 Å². The Labute approximate surface area is 113 Å². The average molecular weight is 290 g/mol. The minimum absolute atomic E-state index is 0.0248. The smallest absolute Gasteiger partial charge is 0.245 e. The molecule has 0 amide bonds. The van der Waals surface area contributed by atoms with Gasteiger partial charge in [0.05, 0.1) is 6.10 Å². The molecular formula is C11H22N4O3S. The molecule has 0 aliphatic carbocycles. The van der Waals surface area contributed by atoms with E-state index in [1.807, 2.05) is 13.8 Å². The van der Waals surface area contributed by atoms with E-state index in [9.17, 15) is 13.5 Å². The van der Waals surface area contributed by atoms with Gasteiger partial charge in [-0.05, 0) is 5.92 Å². The van der Waals surface area contributed by atoms with Crippen molar-refractivity contribution in [3.8, 4) is 0 Å². The van der Waals surface area contributed by atoms with E-state index in [-0.39, 0.29) is 23.2 Å². The number of aliphatic hydroxyl groups excluding tert-OH is 1. The van der Waals surface area contributed by atoms with Gasteiger partial charge in [0.15, 0.2) is 5.82 Å². The normalized spacial score (nSPS) is 13.9. The summed E-state index contributed by atoms with van der Waals surface area (Å²) in [4.78, 5) is -0.0632. The molecule has 1 unspecified atom stereocenters. The van der Waals surface area contributed by atoms with Crippen molar-refractivity contribution in [1.82, 2.24) is 14.5 Å². The molecule has 0 radical (unpaired) electrons. The van der Waals surface area contributed by atoms with Gasteiger partial charge in [0, 0.05) is 19.8 Å². The van der Waals surface area contributed by atoms with Gasteiger partial charge in [-0.2, -0.15) is 5.10 Å². The predicted molar refractivity (Wildman–Crippen MR) is 72.9 cm³/mol. The highest BCUT2D eigenvalue weighted by Crippen LogP contribution is 2.16. The minimum Gasteiger partial charge on any atom is -0.391 e. The average Bonchev–Trinajstić information content (AvgIpc) is 2.68. The summed E-state index contributed by atoms with van der Waals surface area (Å²) in [5.74, 6) is 0.0287. The fourth-order valence-electron chi connectivity index (χ4n) is 1.96.